The zero-order chi connectivity index (χ0) is 21.9. The Hall–Kier alpha value is -2.03. The van der Waals surface area contributed by atoms with Crippen molar-refractivity contribution < 1.29 is 31.1 Å². The van der Waals surface area contributed by atoms with Crippen LogP contribution in [0.5, 0.6) is 0 Å². The van der Waals surface area contributed by atoms with Gasteiger partial charge in [-0.05, 0) is 65.9 Å². The van der Waals surface area contributed by atoms with E-state index < -0.39 is 23.5 Å². The standard InChI is InChI=1S/C22H21F6NO.ClH/c1-14-4-2-3-5-19(14)20-6-7-29-11-16(20)13-30-12-15-8-17(21(23,24)25)10-18(9-15)22(26,27)28;/h2-5,8-10,29H,6-7,11-13H2,1H3;1H. The van der Waals surface area contributed by atoms with Gasteiger partial charge in [0.25, 0.3) is 0 Å². The molecule has 0 saturated carbocycles. The molecule has 2 aromatic rings. The molecule has 0 amide bonds. The number of benzene rings is 2. The molecule has 31 heavy (non-hydrogen) atoms. The van der Waals surface area contributed by atoms with Crippen molar-refractivity contribution in [1.82, 2.24) is 5.32 Å². The van der Waals surface area contributed by atoms with Gasteiger partial charge in [-0.2, -0.15) is 26.3 Å². The van der Waals surface area contributed by atoms with E-state index >= 15 is 0 Å². The lowest BCUT2D eigenvalue weighted by Crippen LogP contribution is -2.27. The number of ether oxygens (including phenoxy) is 1. The third kappa shape index (κ3) is 6.48. The van der Waals surface area contributed by atoms with Gasteiger partial charge in [-0.1, -0.05) is 24.3 Å². The number of halogens is 7. The minimum atomic E-state index is -4.87. The number of hydrogen-bond donors (Lipinski definition) is 1. The summed E-state index contributed by atoms with van der Waals surface area (Å²) in [6.07, 6.45) is -8.97. The average molecular weight is 466 g/mol. The molecule has 1 aliphatic rings. The molecule has 0 unspecified atom stereocenters. The first-order valence-electron chi connectivity index (χ1n) is 9.39. The number of aryl methyl sites for hydroxylation is 1. The summed E-state index contributed by atoms with van der Waals surface area (Å²) < 4.78 is 83.6. The molecule has 170 valence electrons. The first-order chi connectivity index (χ1) is 14.1. The van der Waals surface area contributed by atoms with E-state index in [0.29, 0.717) is 18.7 Å². The third-order valence-corrected chi connectivity index (χ3v) is 4.98. The van der Waals surface area contributed by atoms with E-state index in [0.717, 1.165) is 35.2 Å². The highest BCUT2D eigenvalue weighted by Crippen LogP contribution is 2.36. The number of rotatable bonds is 5. The van der Waals surface area contributed by atoms with Gasteiger partial charge in [-0.3, -0.25) is 0 Å². The van der Waals surface area contributed by atoms with Gasteiger partial charge in [0.1, 0.15) is 0 Å². The van der Waals surface area contributed by atoms with E-state index in [2.05, 4.69) is 5.32 Å². The van der Waals surface area contributed by atoms with Crippen molar-refractivity contribution in [2.45, 2.75) is 32.3 Å². The first-order valence-corrected chi connectivity index (χ1v) is 9.39. The Morgan fingerprint density at radius 2 is 1.52 bits per heavy atom. The van der Waals surface area contributed by atoms with Gasteiger partial charge in [-0.15, -0.1) is 12.4 Å². The van der Waals surface area contributed by atoms with Crippen molar-refractivity contribution >= 4 is 18.0 Å². The number of hydrogen-bond acceptors (Lipinski definition) is 2. The molecule has 2 nitrogen and oxygen atoms in total. The molecule has 0 aliphatic carbocycles. The van der Waals surface area contributed by atoms with Gasteiger partial charge >= 0.3 is 12.4 Å². The zero-order valence-electron chi connectivity index (χ0n) is 16.7. The van der Waals surface area contributed by atoms with E-state index in [1.807, 2.05) is 31.2 Å². The van der Waals surface area contributed by atoms with E-state index in [9.17, 15) is 26.3 Å². The summed E-state index contributed by atoms with van der Waals surface area (Å²) in [6.45, 7) is 3.10. The average Bonchev–Trinajstić information content (AvgIpc) is 2.67. The summed E-state index contributed by atoms with van der Waals surface area (Å²) in [5, 5.41) is 3.23. The Balaban J connectivity index is 0.00000341. The minimum absolute atomic E-state index is 0. The van der Waals surface area contributed by atoms with Crippen LogP contribution in [0.4, 0.5) is 26.3 Å². The molecule has 2 aromatic carbocycles. The molecule has 0 fully saturated rings. The van der Waals surface area contributed by atoms with Crippen molar-refractivity contribution in [3.8, 4) is 0 Å². The fraction of sp³-hybridized carbons (Fsp3) is 0.364. The summed E-state index contributed by atoms with van der Waals surface area (Å²) in [5.74, 6) is 0. The van der Waals surface area contributed by atoms with Crippen LogP contribution in [0.15, 0.2) is 48.0 Å². The van der Waals surface area contributed by atoms with Gasteiger partial charge in [0, 0.05) is 6.54 Å². The second-order valence-electron chi connectivity index (χ2n) is 7.23. The minimum Gasteiger partial charge on any atom is -0.372 e. The highest BCUT2D eigenvalue weighted by atomic mass is 35.5. The maximum absolute atomic E-state index is 13.0. The summed E-state index contributed by atoms with van der Waals surface area (Å²) in [6, 6.07) is 9.37. The first kappa shape index (κ1) is 25.2. The molecule has 1 heterocycles. The van der Waals surface area contributed by atoms with E-state index in [4.69, 9.17) is 4.74 Å². The lowest BCUT2D eigenvalue weighted by atomic mass is 9.92. The van der Waals surface area contributed by atoms with Crippen LogP contribution in [0.25, 0.3) is 5.57 Å². The predicted molar refractivity (Wildman–Crippen MR) is 109 cm³/mol. The highest BCUT2D eigenvalue weighted by Gasteiger charge is 2.36. The van der Waals surface area contributed by atoms with Gasteiger partial charge in [0.2, 0.25) is 0 Å². The predicted octanol–water partition coefficient (Wildman–Crippen LogP) is 6.42. The fourth-order valence-electron chi connectivity index (χ4n) is 3.51. The molecule has 0 spiro atoms. The number of nitrogens with one attached hydrogen (secondary N) is 1. The van der Waals surface area contributed by atoms with Crippen molar-refractivity contribution in [3.63, 3.8) is 0 Å². The molecule has 0 radical (unpaired) electrons. The van der Waals surface area contributed by atoms with Gasteiger partial charge in [0.15, 0.2) is 0 Å². The van der Waals surface area contributed by atoms with Crippen LogP contribution in [-0.2, 0) is 23.7 Å². The van der Waals surface area contributed by atoms with Crippen LogP contribution in [0, 0.1) is 6.92 Å². The largest absolute Gasteiger partial charge is 0.416 e. The summed E-state index contributed by atoms with van der Waals surface area (Å²) >= 11 is 0. The molecule has 1 aliphatic heterocycles. The summed E-state index contributed by atoms with van der Waals surface area (Å²) in [4.78, 5) is 0. The molecule has 0 atom stereocenters. The zero-order valence-corrected chi connectivity index (χ0v) is 17.5. The van der Waals surface area contributed by atoms with Crippen molar-refractivity contribution in [3.05, 3.63) is 75.9 Å². The fourth-order valence-corrected chi connectivity index (χ4v) is 3.51. The normalized spacial score (nSPS) is 15.1. The van der Waals surface area contributed by atoms with Crippen LogP contribution in [0.3, 0.4) is 0 Å². The highest BCUT2D eigenvalue weighted by molar-refractivity contribution is 5.85. The van der Waals surface area contributed by atoms with E-state index in [1.54, 1.807) is 0 Å². The lowest BCUT2D eigenvalue weighted by Gasteiger charge is -2.23. The van der Waals surface area contributed by atoms with Crippen LogP contribution in [0.2, 0.25) is 0 Å². The van der Waals surface area contributed by atoms with Crippen LogP contribution in [-0.4, -0.2) is 19.7 Å². The Bertz CT molecular complexity index is 904. The molecule has 9 heteroatoms. The van der Waals surface area contributed by atoms with Crippen molar-refractivity contribution in [2.24, 2.45) is 0 Å². The third-order valence-electron chi connectivity index (χ3n) is 4.98. The Morgan fingerprint density at radius 3 is 2.10 bits per heavy atom. The summed E-state index contributed by atoms with van der Waals surface area (Å²) in [5.41, 5.74) is 1.38. The Kier molecular flexibility index (Phi) is 8.19. The SMILES string of the molecule is Cc1ccccc1C1=C(COCc2cc(C(F)(F)F)cc(C(F)(F)F)c2)CNCC1.Cl. The second-order valence-corrected chi connectivity index (χ2v) is 7.23. The van der Waals surface area contributed by atoms with Gasteiger partial charge in [-0.25, -0.2) is 0 Å². The Morgan fingerprint density at radius 1 is 0.903 bits per heavy atom. The van der Waals surface area contributed by atoms with Gasteiger partial charge in [0.05, 0.1) is 24.3 Å². The van der Waals surface area contributed by atoms with Crippen LogP contribution >= 0.6 is 12.4 Å². The smallest absolute Gasteiger partial charge is 0.372 e. The van der Waals surface area contributed by atoms with Crippen molar-refractivity contribution in [2.75, 3.05) is 19.7 Å². The molecular weight excluding hydrogens is 444 g/mol. The lowest BCUT2D eigenvalue weighted by molar-refractivity contribution is -0.143. The quantitative estimate of drug-likeness (QED) is 0.515. The van der Waals surface area contributed by atoms with E-state index in [1.165, 1.54) is 0 Å². The molecule has 1 N–H and O–H groups in total. The summed E-state index contributed by atoms with van der Waals surface area (Å²) in [7, 11) is 0. The molecular formula is C22H22ClF6NO. The molecule has 0 bridgehead atoms. The van der Waals surface area contributed by atoms with E-state index in [-0.39, 0.29) is 37.3 Å². The maximum Gasteiger partial charge on any atom is 0.416 e. The Labute approximate surface area is 182 Å². The molecule has 0 saturated heterocycles. The second kappa shape index (κ2) is 10.1. The maximum atomic E-state index is 13.0. The van der Waals surface area contributed by atoms with Crippen LogP contribution in [0.1, 0.15) is 34.2 Å². The van der Waals surface area contributed by atoms with Crippen LogP contribution < -0.4 is 5.32 Å². The van der Waals surface area contributed by atoms with Crippen molar-refractivity contribution in [1.29, 1.82) is 0 Å². The monoisotopic (exact) mass is 465 g/mol. The van der Waals surface area contributed by atoms with Gasteiger partial charge < -0.3 is 10.1 Å². The number of alkyl halides is 6. The molecule has 3 rings (SSSR count). The topological polar surface area (TPSA) is 21.3 Å². The molecule has 0 aromatic heterocycles.